The molecule has 1 aromatic heterocycles. The Balaban J connectivity index is 1.61. The molecule has 2 heterocycles. The number of nitrogens with two attached hydrogens (primary N) is 1. The van der Waals surface area contributed by atoms with Gasteiger partial charge in [-0.05, 0) is 30.5 Å². The van der Waals surface area contributed by atoms with Crippen LogP contribution in [0.5, 0.6) is 0 Å². The Morgan fingerprint density at radius 2 is 1.94 bits per heavy atom. The van der Waals surface area contributed by atoms with Crippen molar-refractivity contribution in [2.75, 3.05) is 5.32 Å². The largest absolute Gasteiger partial charge is 0.366 e. The number of para-hydroxylation sites is 1. The normalized spacial score (nSPS) is 19.2. The maximum Gasteiger partial charge on any atom is 0.250 e. The number of amides is 3. The van der Waals surface area contributed by atoms with E-state index in [1.165, 1.54) is 6.20 Å². The molecule has 3 amide bonds. The van der Waals surface area contributed by atoms with Gasteiger partial charge in [-0.25, -0.2) is 0 Å². The molecule has 0 saturated heterocycles. The first-order valence-electron chi connectivity index (χ1n) is 10.4. The Morgan fingerprint density at radius 3 is 2.71 bits per heavy atom. The number of nitrogens with one attached hydrogen (secondary N) is 2. The Bertz CT molecular complexity index is 1090. The first-order valence-corrected chi connectivity index (χ1v) is 10.4. The second kappa shape index (κ2) is 8.60. The molecule has 0 spiro atoms. The van der Waals surface area contributed by atoms with Gasteiger partial charge in [-0.1, -0.05) is 49.3 Å². The fourth-order valence-corrected chi connectivity index (χ4v) is 4.24. The summed E-state index contributed by atoms with van der Waals surface area (Å²) in [5.74, 6) is 4.84. The van der Waals surface area contributed by atoms with E-state index in [1.54, 1.807) is 12.3 Å². The topological polar surface area (TPSA) is 114 Å². The Labute approximate surface area is 180 Å². The van der Waals surface area contributed by atoms with E-state index in [0.717, 1.165) is 37.7 Å². The monoisotopic (exact) mass is 416 g/mol. The van der Waals surface area contributed by atoms with Crippen LogP contribution in [-0.2, 0) is 9.59 Å². The molecule has 1 aliphatic carbocycles. The molecule has 7 nitrogen and oxygen atoms in total. The van der Waals surface area contributed by atoms with Crippen molar-refractivity contribution in [1.82, 2.24) is 10.3 Å². The van der Waals surface area contributed by atoms with E-state index >= 15 is 0 Å². The third-order valence-electron chi connectivity index (χ3n) is 5.85. The van der Waals surface area contributed by atoms with E-state index in [4.69, 9.17) is 5.73 Å². The number of hydrogen-bond donors (Lipinski definition) is 3. The summed E-state index contributed by atoms with van der Waals surface area (Å²) >= 11 is 0. The van der Waals surface area contributed by atoms with Crippen molar-refractivity contribution in [3.63, 3.8) is 0 Å². The Hall–Kier alpha value is -3.66. The molecule has 1 unspecified atom stereocenters. The number of nitrogens with zero attached hydrogens (tertiary/aromatic N) is 1. The predicted molar refractivity (Wildman–Crippen MR) is 116 cm³/mol. The fourth-order valence-electron chi connectivity index (χ4n) is 4.24. The van der Waals surface area contributed by atoms with Gasteiger partial charge < -0.3 is 16.4 Å². The molecule has 2 aromatic rings. The van der Waals surface area contributed by atoms with E-state index in [0.29, 0.717) is 16.8 Å². The lowest BCUT2D eigenvalue weighted by Gasteiger charge is -2.35. The van der Waals surface area contributed by atoms with Crippen molar-refractivity contribution in [3.05, 3.63) is 59.4 Å². The summed E-state index contributed by atoms with van der Waals surface area (Å²) in [6.07, 6.45) is 7.54. The van der Waals surface area contributed by atoms with Crippen molar-refractivity contribution < 1.29 is 14.4 Å². The molecule has 0 radical (unpaired) electrons. The Morgan fingerprint density at radius 1 is 1.16 bits per heavy atom. The number of hydrogen-bond acceptors (Lipinski definition) is 4. The third kappa shape index (κ3) is 4.58. The maximum absolute atomic E-state index is 13.3. The smallest absolute Gasteiger partial charge is 0.250 e. The number of aromatic nitrogens is 1. The quantitative estimate of drug-likeness (QED) is 0.667. The van der Waals surface area contributed by atoms with Crippen molar-refractivity contribution >= 4 is 23.4 Å². The summed E-state index contributed by atoms with van der Waals surface area (Å²) in [6, 6.07) is 8.98. The van der Waals surface area contributed by atoms with Gasteiger partial charge in [-0.15, -0.1) is 0 Å². The van der Waals surface area contributed by atoms with Gasteiger partial charge in [-0.3, -0.25) is 19.4 Å². The van der Waals surface area contributed by atoms with E-state index in [9.17, 15) is 14.4 Å². The molecular formula is C24H24N4O3. The van der Waals surface area contributed by atoms with E-state index in [-0.39, 0.29) is 18.2 Å². The molecular weight excluding hydrogens is 392 g/mol. The van der Waals surface area contributed by atoms with Crippen LogP contribution in [0.1, 0.15) is 65.9 Å². The molecule has 31 heavy (non-hydrogen) atoms. The minimum absolute atomic E-state index is 0.108. The third-order valence-corrected chi connectivity index (χ3v) is 5.85. The van der Waals surface area contributed by atoms with Gasteiger partial charge in [0.15, 0.2) is 0 Å². The molecule has 0 bridgehead atoms. The van der Waals surface area contributed by atoms with Crippen molar-refractivity contribution in [2.24, 2.45) is 5.73 Å². The van der Waals surface area contributed by atoms with E-state index < -0.39 is 17.4 Å². The maximum atomic E-state index is 13.3. The number of carbonyl (C=O) groups excluding carboxylic acids is 3. The van der Waals surface area contributed by atoms with Crippen molar-refractivity contribution in [3.8, 4) is 11.8 Å². The van der Waals surface area contributed by atoms with Gasteiger partial charge in [0.1, 0.15) is 5.54 Å². The minimum Gasteiger partial charge on any atom is -0.366 e. The van der Waals surface area contributed by atoms with Crippen LogP contribution in [0.2, 0.25) is 0 Å². The molecule has 2 aliphatic rings. The van der Waals surface area contributed by atoms with Gasteiger partial charge in [0.05, 0.1) is 11.5 Å². The number of pyridine rings is 1. The van der Waals surface area contributed by atoms with Crippen LogP contribution in [0.15, 0.2) is 42.7 Å². The zero-order valence-electron chi connectivity index (χ0n) is 17.1. The number of rotatable bonds is 3. The lowest BCUT2D eigenvalue weighted by Crippen LogP contribution is -2.51. The van der Waals surface area contributed by atoms with Crippen LogP contribution < -0.4 is 16.4 Å². The van der Waals surface area contributed by atoms with Crippen LogP contribution in [0, 0.1) is 11.8 Å². The van der Waals surface area contributed by atoms with Crippen LogP contribution in [0.25, 0.3) is 0 Å². The Kier molecular flexibility index (Phi) is 5.72. The van der Waals surface area contributed by atoms with E-state index in [1.807, 2.05) is 24.3 Å². The SMILES string of the molecule is NC(=O)c1cncc(C#CC2(NC(=O)C3CC(=O)Nc4ccccc43)CCCCC2)c1. The second-order valence-corrected chi connectivity index (χ2v) is 8.10. The highest BCUT2D eigenvalue weighted by Gasteiger charge is 2.37. The zero-order chi connectivity index (χ0) is 21.8. The van der Waals surface area contributed by atoms with Crippen LogP contribution >= 0.6 is 0 Å². The minimum atomic E-state index is -0.680. The molecule has 1 saturated carbocycles. The van der Waals surface area contributed by atoms with Crippen molar-refractivity contribution in [2.45, 2.75) is 50.0 Å². The van der Waals surface area contributed by atoms with Gasteiger partial charge in [0.2, 0.25) is 17.7 Å². The second-order valence-electron chi connectivity index (χ2n) is 8.10. The summed E-state index contributed by atoms with van der Waals surface area (Å²) in [5.41, 5.74) is 7.00. The lowest BCUT2D eigenvalue weighted by atomic mass is 9.80. The van der Waals surface area contributed by atoms with E-state index in [2.05, 4.69) is 27.5 Å². The number of carbonyl (C=O) groups is 3. The highest BCUT2D eigenvalue weighted by Crippen LogP contribution is 2.34. The molecule has 1 aromatic carbocycles. The molecule has 1 aliphatic heterocycles. The number of fused-ring (bicyclic) bond motifs is 1. The number of benzene rings is 1. The summed E-state index contributed by atoms with van der Waals surface area (Å²) in [4.78, 5) is 40.9. The molecule has 1 fully saturated rings. The van der Waals surface area contributed by atoms with Crippen molar-refractivity contribution in [1.29, 1.82) is 0 Å². The summed E-state index contributed by atoms with van der Waals surface area (Å²) in [7, 11) is 0. The lowest BCUT2D eigenvalue weighted by molar-refractivity contribution is -0.127. The predicted octanol–water partition coefficient (Wildman–Crippen LogP) is 2.48. The number of primary amides is 1. The van der Waals surface area contributed by atoms with Crippen LogP contribution in [0.3, 0.4) is 0 Å². The molecule has 7 heteroatoms. The van der Waals surface area contributed by atoms with Crippen LogP contribution in [0.4, 0.5) is 5.69 Å². The highest BCUT2D eigenvalue weighted by atomic mass is 16.2. The van der Waals surface area contributed by atoms with Gasteiger partial charge >= 0.3 is 0 Å². The highest BCUT2D eigenvalue weighted by molar-refractivity contribution is 6.01. The van der Waals surface area contributed by atoms with Gasteiger partial charge in [-0.2, -0.15) is 0 Å². The first-order chi connectivity index (χ1) is 15.0. The van der Waals surface area contributed by atoms with Crippen LogP contribution in [-0.4, -0.2) is 28.2 Å². The average molecular weight is 416 g/mol. The molecule has 4 rings (SSSR count). The standard InChI is InChI=1S/C24H24N4O3/c25-22(30)17-12-16(14-26-15-17)8-11-24(9-4-1-5-10-24)28-23(31)19-13-21(29)27-20-7-3-2-6-18(19)20/h2-3,6-7,12,14-15,19H,1,4-5,9-10,13H2,(H2,25,30)(H,27,29)(H,28,31). The van der Waals surface area contributed by atoms with Gasteiger partial charge in [0, 0.05) is 30.1 Å². The molecule has 4 N–H and O–H groups in total. The summed E-state index contributed by atoms with van der Waals surface area (Å²) in [5, 5.41) is 5.99. The average Bonchev–Trinajstić information content (AvgIpc) is 2.78. The number of anilines is 1. The summed E-state index contributed by atoms with van der Waals surface area (Å²) < 4.78 is 0. The first kappa shape index (κ1) is 20.6. The fraction of sp³-hybridized carbons (Fsp3) is 0.333. The molecule has 1 atom stereocenters. The van der Waals surface area contributed by atoms with Gasteiger partial charge in [0.25, 0.3) is 0 Å². The summed E-state index contributed by atoms with van der Waals surface area (Å²) in [6.45, 7) is 0. The molecule has 158 valence electrons. The zero-order valence-corrected chi connectivity index (χ0v) is 17.1.